The molecule has 0 atom stereocenters. The summed E-state index contributed by atoms with van der Waals surface area (Å²) >= 11 is 0. The maximum absolute atomic E-state index is 11.8. The van der Waals surface area contributed by atoms with E-state index in [-0.39, 0.29) is 0 Å². The Kier molecular flexibility index (Phi) is 4.85. The van der Waals surface area contributed by atoms with Crippen LogP contribution in [-0.2, 0) is 10.2 Å². The number of hydrogen-bond acceptors (Lipinski definition) is 1. The van der Waals surface area contributed by atoms with Crippen molar-refractivity contribution in [1.82, 2.24) is 0 Å². The second kappa shape index (κ2) is 6.43. The summed E-state index contributed by atoms with van der Waals surface area (Å²) in [6.45, 7) is 4.42. The highest BCUT2D eigenvalue weighted by Crippen LogP contribution is 2.40. The number of aliphatic carboxylic acids is 1. The molecule has 0 spiro atoms. The lowest BCUT2D eigenvalue weighted by atomic mass is 9.69. The Morgan fingerprint density at radius 2 is 1.65 bits per heavy atom. The van der Waals surface area contributed by atoms with Crippen LogP contribution in [0.5, 0.6) is 0 Å². The van der Waals surface area contributed by atoms with Gasteiger partial charge in [-0.3, -0.25) is 4.79 Å². The van der Waals surface area contributed by atoms with Crippen molar-refractivity contribution < 1.29 is 9.90 Å². The molecule has 0 amide bonds. The normalized spacial score (nSPS) is 18.1. The van der Waals surface area contributed by atoms with Crippen LogP contribution in [0.3, 0.4) is 0 Å². The molecule has 2 rings (SSSR count). The Labute approximate surface area is 122 Å². The highest BCUT2D eigenvalue weighted by molar-refractivity contribution is 5.81. The van der Waals surface area contributed by atoms with Gasteiger partial charge in [0, 0.05) is 0 Å². The Morgan fingerprint density at radius 3 is 2.10 bits per heavy atom. The lowest BCUT2D eigenvalue weighted by molar-refractivity contribution is -0.145. The van der Waals surface area contributed by atoms with E-state index in [1.54, 1.807) is 0 Å². The second-order valence-corrected chi connectivity index (χ2v) is 6.08. The number of carboxylic acid groups (broad SMARTS) is 1. The molecule has 0 bridgehead atoms. The Hall–Kier alpha value is -1.31. The molecule has 20 heavy (non-hydrogen) atoms. The molecule has 0 saturated heterocycles. The molecule has 1 saturated carbocycles. The second-order valence-electron chi connectivity index (χ2n) is 6.08. The molecule has 2 heteroatoms. The van der Waals surface area contributed by atoms with Crippen molar-refractivity contribution in [1.29, 1.82) is 0 Å². The molecule has 0 heterocycles. The first kappa shape index (κ1) is 15.1. The van der Waals surface area contributed by atoms with E-state index in [0.717, 1.165) is 44.1 Å². The van der Waals surface area contributed by atoms with E-state index in [9.17, 15) is 9.90 Å². The number of benzene rings is 1. The number of carboxylic acids is 1. The fraction of sp³-hybridized carbons (Fsp3) is 0.611. The molecule has 110 valence electrons. The van der Waals surface area contributed by atoms with Crippen molar-refractivity contribution in [2.75, 3.05) is 0 Å². The molecule has 1 N–H and O–H groups in total. The van der Waals surface area contributed by atoms with Crippen LogP contribution in [-0.4, -0.2) is 11.1 Å². The zero-order chi connectivity index (χ0) is 14.6. The maximum atomic E-state index is 11.8. The van der Waals surface area contributed by atoms with E-state index in [4.69, 9.17) is 0 Å². The summed E-state index contributed by atoms with van der Waals surface area (Å²) in [5.41, 5.74) is 1.71. The summed E-state index contributed by atoms with van der Waals surface area (Å²) in [5.74, 6) is -0.0522. The molecule has 0 unspecified atom stereocenters. The molecule has 0 aliphatic heterocycles. The van der Waals surface area contributed by atoms with Gasteiger partial charge in [-0.05, 0) is 42.7 Å². The molecule has 1 aromatic carbocycles. The van der Waals surface area contributed by atoms with Crippen molar-refractivity contribution >= 4 is 5.97 Å². The van der Waals surface area contributed by atoms with Crippen LogP contribution in [0.15, 0.2) is 24.3 Å². The predicted octanol–water partition coefficient (Wildman–Crippen LogP) is 4.88. The van der Waals surface area contributed by atoms with E-state index in [1.165, 1.54) is 12.0 Å². The van der Waals surface area contributed by atoms with Gasteiger partial charge < -0.3 is 5.11 Å². The van der Waals surface area contributed by atoms with Crippen LogP contribution in [0.4, 0.5) is 0 Å². The standard InChI is InChI=1S/C18H26O2/c1-3-14(4-2)15-8-10-16(11-9-15)18(17(19)20)12-6-5-7-13-18/h8-11,14H,3-7,12-13H2,1-2H3,(H,19,20). The highest BCUT2D eigenvalue weighted by Gasteiger charge is 2.41. The van der Waals surface area contributed by atoms with Gasteiger partial charge in [0.2, 0.25) is 0 Å². The summed E-state index contributed by atoms with van der Waals surface area (Å²) in [7, 11) is 0. The van der Waals surface area contributed by atoms with Gasteiger partial charge in [0.05, 0.1) is 5.41 Å². The van der Waals surface area contributed by atoms with Crippen LogP contribution in [0, 0.1) is 0 Å². The van der Waals surface area contributed by atoms with Crippen LogP contribution in [0.1, 0.15) is 75.8 Å². The summed E-state index contributed by atoms with van der Waals surface area (Å²) in [5, 5.41) is 9.71. The SMILES string of the molecule is CCC(CC)c1ccc(C2(C(=O)O)CCCCC2)cc1. The number of rotatable bonds is 5. The minimum Gasteiger partial charge on any atom is -0.481 e. The number of carbonyl (C=O) groups is 1. The van der Waals surface area contributed by atoms with E-state index in [0.29, 0.717) is 5.92 Å². The smallest absolute Gasteiger partial charge is 0.314 e. The van der Waals surface area contributed by atoms with E-state index >= 15 is 0 Å². The van der Waals surface area contributed by atoms with Gasteiger partial charge in [0.1, 0.15) is 0 Å². The van der Waals surface area contributed by atoms with Crippen LogP contribution in [0.2, 0.25) is 0 Å². The summed E-state index contributed by atoms with van der Waals surface area (Å²) in [6, 6.07) is 8.42. The van der Waals surface area contributed by atoms with Gasteiger partial charge in [-0.15, -0.1) is 0 Å². The molecule has 1 fully saturated rings. The fourth-order valence-corrected chi connectivity index (χ4v) is 3.62. The minimum absolute atomic E-state index is 0.594. The third-order valence-electron chi connectivity index (χ3n) is 5.04. The molecular formula is C18H26O2. The summed E-state index contributed by atoms with van der Waals surface area (Å²) < 4.78 is 0. The van der Waals surface area contributed by atoms with Crippen LogP contribution in [0.25, 0.3) is 0 Å². The lowest BCUT2D eigenvalue weighted by Gasteiger charge is -2.34. The molecular weight excluding hydrogens is 248 g/mol. The molecule has 1 aliphatic rings. The third-order valence-corrected chi connectivity index (χ3v) is 5.04. The topological polar surface area (TPSA) is 37.3 Å². The summed E-state index contributed by atoms with van der Waals surface area (Å²) in [6.07, 6.45) is 7.07. The minimum atomic E-state index is -0.646. The maximum Gasteiger partial charge on any atom is 0.314 e. The van der Waals surface area contributed by atoms with Crippen molar-refractivity contribution in [3.63, 3.8) is 0 Å². The van der Waals surface area contributed by atoms with Gasteiger partial charge in [-0.2, -0.15) is 0 Å². The molecule has 0 aromatic heterocycles. The van der Waals surface area contributed by atoms with Crippen molar-refractivity contribution in [2.24, 2.45) is 0 Å². The van der Waals surface area contributed by atoms with Gasteiger partial charge >= 0.3 is 5.97 Å². The van der Waals surface area contributed by atoms with Crippen molar-refractivity contribution in [3.8, 4) is 0 Å². The molecule has 1 aliphatic carbocycles. The van der Waals surface area contributed by atoms with Crippen molar-refractivity contribution in [2.45, 2.75) is 70.1 Å². The average Bonchev–Trinajstić information content (AvgIpc) is 2.50. The average molecular weight is 274 g/mol. The fourth-order valence-electron chi connectivity index (χ4n) is 3.62. The molecule has 0 radical (unpaired) electrons. The molecule has 2 nitrogen and oxygen atoms in total. The first-order chi connectivity index (χ1) is 9.64. The third kappa shape index (κ3) is 2.74. The first-order valence-corrected chi connectivity index (χ1v) is 7.98. The lowest BCUT2D eigenvalue weighted by Crippen LogP contribution is -2.37. The first-order valence-electron chi connectivity index (χ1n) is 7.98. The quantitative estimate of drug-likeness (QED) is 0.831. The monoisotopic (exact) mass is 274 g/mol. The zero-order valence-corrected chi connectivity index (χ0v) is 12.7. The highest BCUT2D eigenvalue weighted by atomic mass is 16.4. The van der Waals surface area contributed by atoms with Crippen molar-refractivity contribution in [3.05, 3.63) is 35.4 Å². The van der Waals surface area contributed by atoms with E-state index in [1.807, 2.05) is 0 Å². The Balaban J connectivity index is 2.29. The van der Waals surface area contributed by atoms with Gasteiger partial charge in [-0.1, -0.05) is 57.4 Å². The molecule has 1 aromatic rings. The van der Waals surface area contributed by atoms with E-state index < -0.39 is 11.4 Å². The van der Waals surface area contributed by atoms with Gasteiger partial charge in [-0.25, -0.2) is 0 Å². The largest absolute Gasteiger partial charge is 0.481 e. The Morgan fingerprint density at radius 1 is 1.10 bits per heavy atom. The van der Waals surface area contributed by atoms with Gasteiger partial charge in [0.15, 0.2) is 0 Å². The summed E-state index contributed by atoms with van der Waals surface area (Å²) in [4.78, 5) is 11.8. The predicted molar refractivity (Wildman–Crippen MR) is 82.2 cm³/mol. The number of hydrogen-bond donors (Lipinski definition) is 1. The Bertz CT molecular complexity index is 437. The van der Waals surface area contributed by atoms with E-state index in [2.05, 4.69) is 38.1 Å². The van der Waals surface area contributed by atoms with Gasteiger partial charge in [0.25, 0.3) is 0 Å². The van der Waals surface area contributed by atoms with Crippen LogP contribution < -0.4 is 0 Å². The van der Waals surface area contributed by atoms with Crippen LogP contribution >= 0.6 is 0 Å². The zero-order valence-electron chi connectivity index (χ0n) is 12.7.